The Labute approximate surface area is 84.0 Å². The molecule has 1 aromatic carbocycles. The molecule has 4 heteroatoms. The van der Waals surface area contributed by atoms with Gasteiger partial charge in [-0.2, -0.15) is 0 Å². The first-order valence-corrected chi connectivity index (χ1v) is 4.49. The van der Waals surface area contributed by atoms with Crippen LogP contribution in [0.2, 0.25) is 0 Å². The van der Waals surface area contributed by atoms with E-state index >= 15 is 0 Å². The zero-order valence-corrected chi connectivity index (χ0v) is 8.38. The van der Waals surface area contributed by atoms with Crippen molar-refractivity contribution in [3.05, 3.63) is 34.1 Å². The van der Waals surface area contributed by atoms with Crippen LogP contribution in [0.5, 0.6) is 5.75 Å². The van der Waals surface area contributed by atoms with E-state index in [0.717, 1.165) is 0 Å². The van der Waals surface area contributed by atoms with Gasteiger partial charge >= 0.3 is 0 Å². The number of rotatable bonds is 2. The molecule has 0 fully saturated rings. The van der Waals surface area contributed by atoms with Crippen molar-refractivity contribution in [2.24, 2.45) is 5.73 Å². The Bertz CT molecular complexity index is 339. The summed E-state index contributed by atoms with van der Waals surface area (Å²) in [6, 6.07) is 2.82. The number of benzene rings is 1. The fourth-order valence-corrected chi connectivity index (χ4v) is 1.36. The van der Waals surface area contributed by atoms with E-state index in [9.17, 15) is 9.50 Å². The van der Waals surface area contributed by atoms with Crippen molar-refractivity contribution in [2.45, 2.75) is 0 Å². The van der Waals surface area contributed by atoms with Crippen LogP contribution < -0.4 is 5.73 Å². The summed E-state index contributed by atoms with van der Waals surface area (Å²) in [6.45, 7) is 0.355. The summed E-state index contributed by atoms with van der Waals surface area (Å²) in [7, 11) is 0. The smallest absolute Gasteiger partial charge is 0.166 e. The quantitative estimate of drug-likeness (QED) is 0.840. The SMILES string of the molecule is NC/C=C/c1cc(Br)cc(F)c1O. The van der Waals surface area contributed by atoms with Crippen LogP contribution in [0, 0.1) is 5.82 Å². The average molecular weight is 246 g/mol. The van der Waals surface area contributed by atoms with E-state index in [1.807, 2.05) is 0 Å². The number of halogens is 2. The van der Waals surface area contributed by atoms with Crippen molar-refractivity contribution >= 4 is 22.0 Å². The summed E-state index contributed by atoms with van der Waals surface area (Å²) < 4.78 is 13.5. The molecule has 0 aliphatic heterocycles. The van der Waals surface area contributed by atoms with Crippen LogP contribution in [0.4, 0.5) is 4.39 Å². The van der Waals surface area contributed by atoms with E-state index in [4.69, 9.17) is 5.73 Å². The Kier molecular flexibility index (Phi) is 3.45. The molecule has 0 saturated carbocycles. The lowest BCUT2D eigenvalue weighted by Gasteiger charge is -2.01. The number of phenolic OH excluding ortho intramolecular Hbond substituents is 1. The van der Waals surface area contributed by atoms with Gasteiger partial charge in [0, 0.05) is 16.6 Å². The van der Waals surface area contributed by atoms with E-state index in [0.29, 0.717) is 16.6 Å². The Hall–Kier alpha value is -0.870. The Morgan fingerprint density at radius 3 is 2.85 bits per heavy atom. The maximum Gasteiger partial charge on any atom is 0.166 e. The summed E-state index contributed by atoms with van der Waals surface area (Å²) >= 11 is 3.12. The minimum Gasteiger partial charge on any atom is -0.504 e. The highest BCUT2D eigenvalue weighted by Gasteiger charge is 2.05. The first kappa shape index (κ1) is 10.2. The number of aromatic hydroxyl groups is 1. The van der Waals surface area contributed by atoms with Crippen molar-refractivity contribution in [2.75, 3.05) is 6.54 Å². The number of hydrogen-bond donors (Lipinski definition) is 2. The summed E-state index contributed by atoms with van der Waals surface area (Å²) in [6.07, 6.45) is 3.21. The van der Waals surface area contributed by atoms with E-state index in [2.05, 4.69) is 15.9 Å². The molecular weight excluding hydrogens is 237 g/mol. The maximum absolute atomic E-state index is 12.9. The van der Waals surface area contributed by atoms with Crippen molar-refractivity contribution in [1.82, 2.24) is 0 Å². The fourth-order valence-electron chi connectivity index (χ4n) is 0.908. The summed E-state index contributed by atoms with van der Waals surface area (Å²) in [4.78, 5) is 0. The van der Waals surface area contributed by atoms with Crippen LogP contribution >= 0.6 is 15.9 Å². The second-order valence-corrected chi connectivity index (χ2v) is 3.38. The van der Waals surface area contributed by atoms with Gasteiger partial charge in [-0.3, -0.25) is 0 Å². The lowest BCUT2D eigenvalue weighted by atomic mass is 10.2. The Morgan fingerprint density at radius 1 is 1.54 bits per heavy atom. The minimum absolute atomic E-state index is 0.354. The molecule has 0 bridgehead atoms. The van der Waals surface area contributed by atoms with E-state index in [1.165, 1.54) is 6.07 Å². The number of hydrogen-bond acceptors (Lipinski definition) is 2. The van der Waals surface area contributed by atoms with E-state index < -0.39 is 5.82 Å². The summed E-state index contributed by atoms with van der Waals surface area (Å²) in [5.41, 5.74) is 5.64. The van der Waals surface area contributed by atoms with Gasteiger partial charge in [0.2, 0.25) is 0 Å². The number of nitrogens with two attached hydrogens (primary N) is 1. The standard InChI is InChI=1S/C9H9BrFNO/c10-7-4-6(2-1-3-12)9(13)8(11)5-7/h1-2,4-5,13H,3,12H2/b2-1+. The van der Waals surface area contributed by atoms with Crippen LogP contribution in [-0.4, -0.2) is 11.7 Å². The molecule has 0 spiro atoms. The highest BCUT2D eigenvalue weighted by molar-refractivity contribution is 9.10. The van der Waals surface area contributed by atoms with Crippen molar-refractivity contribution in [1.29, 1.82) is 0 Å². The summed E-state index contributed by atoms with van der Waals surface area (Å²) in [5.74, 6) is -1.00. The first-order valence-electron chi connectivity index (χ1n) is 3.69. The van der Waals surface area contributed by atoms with E-state index in [-0.39, 0.29) is 5.75 Å². The van der Waals surface area contributed by atoms with Gasteiger partial charge in [0.15, 0.2) is 11.6 Å². The molecule has 1 aromatic rings. The molecule has 0 atom stereocenters. The van der Waals surface area contributed by atoms with Gasteiger partial charge in [-0.05, 0) is 12.1 Å². The topological polar surface area (TPSA) is 46.2 Å². The van der Waals surface area contributed by atoms with Crippen LogP contribution in [0.25, 0.3) is 6.08 Å². The predicted molar refractivity (Wildman–Crippen MR) is 53.9 cm³/mol. The minimum atomic E-state index is -0.647. The molecule has 13 heavy (non-hydrogen) atoms. The van der Waals surface area contributed by atoms with Gasteiger partial charge in [-0.1, -0.05) is 28.1 Å². The zero-order chi connectivity index (χ0) is 9.84. The molecule has 0 unspecified atom stereocenters. The fraction of sp³-hybridized carbons (Fsp3) is 0.111. The summed E-state index contributed by atoms with van der Waals surface area (Å²) in [5, 5.41) is 9.26. The molecule has 0 radical (unpaired) electrons. The third kappa shape index (κ3) is 2.54. The van der Waals surface area contributed by atoms with Gasteiger partial charge in [0.1, 0.15) is 0 Å². The third-order valence-corrected chi connectivity index (χ3v) is 1.95. The van der Waals surface area contributed by atoms with Crippen molar-refractivity contribution < 1.29 is 9.50 Å². The van der Waals surface area contributed by atoms with Crippen LogP contribution in [0.3, 0.4) is 0 Å². The van der Waals surface area contributed by atoms with Gasteiger partial charge in [0.05, 0.1) is 0 Å². The molecule has 0 saturated heterocycles. The van der Waals surface area contributed by atoms with Gasteiger partial charge in [0.25, 0.3) is 0 Å². The second-order valence-electron chi connectivity index (χ2n) is 2.46. The Balaban J connectivity index is 3.12. The van der Waals surface area contributed by atoms with Crippen LogP contribution in [0.15, 0.2) is 22.7 Å². The highest BCUT2D eigenvalue weighted by atomic mass is 79.9. The van der Waals surface area contributed by atoms with Crippen molar-refractivity contribution in [3.8, 4) is 5.75 Å². The molecule has 0 aliphatic carbocycles. The molecule has 3 N–H and O–H groups in total. The van der Waals surface area contributed by atoms with Gasteiger partial charge < -0.3 is 10.8 Å². The molecular formula is C9H9BrFNO. The number of phenols is 1. The molecule has 70 valence electrons. The van der Waals surface area contributed by atoms with Crippen LogP contribution in [0.1, 0.15) is 5.56 Å². The largest absolute Gasteiger partial charge is 0.504 e. The van der Waals surface area contributed by atoms with Gasteiger partial charge in [-0.15, -0.1) is 0 Å². The van der Waals surface area contributed by atoms with E-state index in [1.54, 1.807) is 18.2 Å². The lowest BCUT2D eigenvalue weighted by molar-refractivity contribution is 0.431. The first-order chi connectivity index (χ1) is 6.15. The molecule has 2 nitrogen and oxygen atoms in total. The zero-order valence-electron chi connectivity index (χ0n) is 6.80. The normalized spacial score (nSPS) is 11.0. The Morgan fingerprint density at radius 2 is 2.23 bits per heavy atom. The molecule has 0 heterocycles. The lowest BCUT2D eigenvalue weighted by Crippen LogP contribution is -1.92. The average Bonchev–Trinajstić information content (AvgIpc) is 2.09. The maximum atomic E-state index is 12.9. The molecule has 0 amide bonds. The molecule has 0 aromatic heterocycles. The third-order valence-electron chi connectivity index (χ3n) is 1.49. The molecule has 1 rings (SSSR count). The highest BCUT2D eigenvalue weighted by Crippen LogP contribution is 2.26. The molecule has 0 aliphatic rings. The monoisotopic (exact) mass is 245 g/mol. The predicted octanol–water partition coefficient (Wildman–Crippen LogP) is 2.27. The van der Waals surface area contributed by atoms with Gasteiger partial charge in [-0.25, -0.2) is 4.39 Å². The van der Waals surface area contributed by atoms with Crippen LogP contribution in [-0.2, 0) is 0 Å². The van der Waals surface area contributed by atoms with Crippen molar-refractivity contribution in [3.63, 3.8) is 0 Å². The second kappa shape index (κ2) is 4.39.